The van der Waals surface area contributed by atoms with Crippen molar-refractivity contribution in [3.05, 3.63) is 95.6 Å². The zero-order valence-electron chi connectivity index (χ0n) is 20.5. The van der Waals surface area contributed by atoms with Gasteiger partial charge in [-0.1, -0.05) is 53.6 Å². The number of ether oxygens (including phenoxy) is 2. The van der Waals surface area contributed by atoms with Crippen LogP contribution >= 0.6 is 0 Å². The van der Waals surface area contributed by atoms with Crippen LogP contribution in [0.4, 0.5) is 0 Å². The van der Waals surface area contributed by atoms with E-state index in [9.17, 15) is 26.7 Å². The first-order valence-corrected chi connectivity index (χ1v) is 14.3. The summed E-state index contributed by atoms with van der Waals surface area (Å²) in [5.74, 6) is -0.867. The SMILES string of the molecule is Cc1ccc(S(=O)(=O)OC[C@H]2O[C@@H](O)[C@@H](OC(=O)c3ccccc3)[C@@H]2OS(=O)(=O)c2ccc(C)cc2)cc1. The molecule has 1 aliphatic heterocycles. The van der Waals surface area contributed by atoms with E-state index in [0.29, 0.717) is 0 Å². The lowest BCUT2D eigenvalue weighted by Crippen LogP contribution is -2.42. The van der Waals surface area contributed by atoms with Crippen LogP contribution in [0.1, 0.15) is 21.5 Å². The summed E-state index contributed by atoms with van der Waals surface area (Å²) in [6.07, 6.45) is -6.49. The van der Waals surface area contributed by atoms with Crippen LogP contribution in [-0.4, -0.2) is 59.1 Å². The molecule has 0 saturated carbocycles. The van der Waals surface area contributed by atoms with Crippen molar-refractivity contribution in [3.63, 3.8) is 0 Å². The van der Waals surface area contributed by atoms with Gasteiger partial charge in [0, 0.05) is 0 Å². The van der Waals surface area contributed by atoms with E-state index in [0.717, 1.165) is 11.1 Å². The van der Waals surface area contributed by atoms with Crippen molar-refractivity contribution in [3.8, 4) is 0 Å². The maximum absolute atomic E-state index is 13.0. The zero-order chi connectivity index (χ0) is 27.5. The van der Waals surface area contributed by atoms with Crippen molar-refractivity contribution in [2.45, 2.75) is 48.2 Å². The number of rotatable bonds is 9. The van der Waals surface area contributed by atoms with E-state index in [1.54, 1.807) is 56.3 Å². The standard InChI is InChI=1S/C26H26O10S2/c1-17-8-12-20(13-9-17)37(29,30)33-16-22-23(36-38(31,32)21-14-10-18(2)11-15-21)24(26(28)34-22)35-25(27)19-6-4-3-5-7-19/h3-15,22-24,26,28H,16H2,1-2H3/t22-,23-,24+,26-/m1/s1. The Morgan fingerprint density at radius 2 is 1.32 bits per heavy atom. The summed E-state index contributed by atoms with van der Waals surface area (Å²) >= 11 is 0. The van der Waals surface area contributed by atoms with Crippen LogP contribution in [0.15, 0.2) is 88.7 Å². The number of aliphatic hydroxyl groups excluding tert-OH is 1. The molecule has 3 aromatic rings. The number of benzene rings is 3. The maximum Gasteiger partial charge on any atom is 0.338 e. The number of hydrogen-bond donors (Lipinski definition) is 1. The molecule has 1 N–H and O–H groups in total. The van der Waals surface area contributed by atoms with E-state index in [-0.39, 0.29) is 15.4 Å². The van der Waals surface area contributed by atoms with Gasteiger partial charge in [-0.15, -0.1) is 0 Å². The van der Waals surface area contributed by atoms with Gasteiger partial charge in [-0.3, -0.25) is 8.37 Å². The molecule has 38 heavy (non-hydrogen) atoms. The van der Waals surface area contributed by atoms with Crippen LogP contribution in [0, 0.1) is 13.8 Å². The van der Waals surface area contributed by atoms with Gasteiger partial charge in [0.1, 0.15) is 12.2 Å². The van der Waals surface area contributed by atoms with Crippen molar-refractivity contribution >= 4 is 26.2 Å². The van der Waals surface area contributed by atoms with Crippen LogP contribution in [0.3, 0.4) is 0 Å². The van der Waals surface area contributed by atoms with E-state index in [2.05, 4.69) is 0 Å². The summed E-state index contributed by atoms with van der Waals surface area (Å²) in [4.78, 5) is 12.4. The van der Waals surface area contributed by atoms with Gasteiger partial charge >= 0.3 is 5.97 Å². The minimum Gasteiger partial charge on any atom is -0.450 e. The molecule has 0 aliphatic carbocycles. The van der Waals surface area contributed by atoms with Crippen molar-refractivity contribution in [1.82, 2.24) is 0 Å². The highest BCUT2D eigenvalue weighted by Gasteiger charge is 2.50. The first-order valence-electron chi connectivity index (χ1n) is 11.5. The lowest BCUT2D eigenvalue weighted by molar-refractivity contribution is -0.133. The molecule has 4 rings (SSSR count). The van der Waals surface area contributed by atoms with Crippen LogP contribution in [0.2, 0.25) is 0 Å². The molecule has 0 spiro atoms. The molecule has 0 radical (unpaired) electrons. The Hall–Kier alpha value is -3.13. The fourth-order valence-corrected chi connectivity index (χ4v) is 5.71. The summed E-state index contributed by atoms with van der Waals surface area (Å²) in [5.41, 5.74) is 1.79. The third-order valence-electron chi connectivity index (χ3n) is 5.78. The van der Waals surface area contributed by atoms with E-state index >= 15 is 0 Å². The highest BCUT2D eigenvalue weighted by molar-refractivity contribution is 7.87. The molecule has 1 heterocycles. The fourth-order valence-electron chi connectivity index (χ4n) is 3.69. The van der Waals surface area contributed by atoms with Crippen molar-refractivity contribution in [2.24, 2.45) is 0 Å². The van der Waals surface area contributed by atoms with Crippen LogP contribution < -0.4 is 0 Å². The quantitative estimate of drug-likeness (QED) is 0.305. The van der Waals surface area contributed by atoms with Crippen molar-refractivity contribution in [2.75, 3.05) is 6.61 Å². The molecule has 4 atom stereocenters. The Bertz CT molecular complexity index is 1470. The molecule has 10 nitrogen and oxygen atoms in total. The Balaban J connectivity index is 1.59. The smallest absolute Gasteiger partial charge is 0.338 e. The minimum atomic E-state index is -4.45. The number of aliphatic hydroxyl groups is 1. The molecule has 3 aromatic carbocycles. The Morgan fingerprint density at radius 3 is 1.87 bits per heavy atom. The topological polar surface area (TPSA) is 143 Å². The van der Waals surface area contributed by atoms with Crippen molar-refractivity contribution in [1.29, 1.82) is 0 Å². The van der Waals surface area contributed by atoms with Crippen LogP contribution in [0.25, 0.3) is 0 Å². The molecule has 0 amide bonds. The van der Waals surface area contributed by atoms with Gasteiger partial charge in [-0.05, 0) is 50.2 Å². The predicted molar refractivity (Wildman–Crippen MR) is 134 cm³/mol. The Kier molecular flexibility index (Phi) is 8.31. The summed E-state index contributed by atoms with van der Waals surface area (Å²) in [6, 6.07) is 19.5. The van der Waals surface area contributed by atoms with Gasteiger partial charge in [0.25, 0.3) is 20.2 Å². The van der Waals surface area contributed by atoms with Gasteiger partial charge in [0.15, 0.2) is 12.4 Å². The lowest BCUT2D eigenvalue weighted by Gasteiger charge is -2.23. The normalized spacial score (nSPS) is 21.8. The number of esters is 1. The zero-order valence-corrected chi connectivity index (χ0v) is 22.1. The third kappa shape index (κ3) is 6.46. The van der Waals surface area contributed by atoms with E-state index in [1.165, 1.54) is 36.4 Å². The van der Waals surface area contributed by atoms with E-state index < -0.39 is 57.4 Å². The van der Waals surface area contributed by atoms with E-state index in [1.807, 2.05) is 0 Å². The highest BCUT2D eigenvalue weighted by atomic mass is 32.2. The molecule has 1 fully saturated rings. The summed E-state index contributed by atoms with van der Waals surface area (Å²) < 4.78 is 72.7. The van der Waals surface area contributed by atoms with Crippen LogP contribution in [-0.2, 0) is 38.1 Å². The average molecular weight is 563 g/mol. The number of hydrogen-bond acceptors (Lipinski definition) is 10. The number of aryl methyl sites for hydroxylation is 2. The van der Waals surface area contributed by atoms with Gasteiger partial charge in [0.2, 0.25) is 0 Å². The number of carbonyl (C=O) groups excluding carboxylic acids is 1. The maximum atomic E-state index is 13.0. The van der Waals surface area contributed by atoms with Gasteiger partial charge in [-0.2, -0.15) is 16.8 Å². The summed E-state index contributed by atoms with van der Waals surface area (Å²) in [5, 5.41) is 10.5. The van der Waals surface area contributed by atoms with Gasteiger partial charge < -0.3 is 14.6 Å². The Morgan fingerprint density at radius 1 is 0.789 bits per heavy atom. The average Bonchev–Trinajstić information content (AvgIpc) is 3.17. The molecule has 202 valence electrons. The predicted octanol–water partition coefficient (Wildman–Crippen LogP) is 2.73. The molecule has 0 aromatic heterocycles. The minimum absolute atomic E-state index is 0.126. The molecule has 12 heteroatoms. The third-order valence-corrected chi connectivity index (χ3v) is 8.40. The summed E-state index contributed by atoms with van der Waals surface area (Å²) in [7, 11) is -8.71. The van der Waals surface area contributed by atoms with Gasteiger partial charge in [0.05, 0.1) is 22.0 Å². The fraction of sp³-hybridized carbons (Fsp3) is 0.269. The molecule has 0 unspecified atom stereocenters. The molecule has 1 aliphatic rings. The van der Waals surface area contributed by atoms with Crippen LogP contribution in [0.5, 0.6) is 0 Å². The number of carbonyl (C=O) groups is 1. The largest absolute Gasteiger partial charge is 0.450 e. The van der Waals surface area contributed by atoms with Crippen molar-refractivity contribution < 1.29 is 44.6 Å². The van der Waals surface area contributed by atoms with Gasteiger partial charge in [-0.25, -0.2) is 4.79 Å². The first-order chi connectivity index (χ1) is 18.0. The lowest BCUT2D eigenvalue weighted by atomic mass is 10.1. The molecule has 1 saturated heterocycles. The highest BCUT2D eigenvalue weighted by Crippen LogP contribution is 2.30. The second kappa shape index (κ2) is 11.3. The monoisotopic (exact) mass is 562 g/mol. The molecular weight excluding hydrogens is 536 g/mol. The summed E-state index contributed by atoms with van der Waals surface area (Å²) in [6.45, 7) is 2.85. The van der Waals surface area contributed by atoms with E-state index in [4.69, 9.17) is 17.8 Å². The molecular formula is C26H26O10S2. The second-order valence-electron chi connectivity index (χ2n) is 8.68. The first kappa shape index (κ1) is 27.9. The Labute approximate surface area is 221 Å². The second-order valence-corrected chi connectivity index (χ2v) is 11.9. The molecule has 0 bridgehead atoms.